The van der Waals surface area contributed by atoms with Crippen LogP contribution in [0.1, 0.15) is 58.8 Å². The Hall–Kier alpha value is -1.89. The number of carbonyl (C=O) groups is 1. The first-order chi connectivity index (χ1) is 14.2. The molecule has 1 aromatic rings. The van der Waals surface area contributed by atoms with E-state index in [1.165, 1.54) is 25.8 Å². The molecule has 0 saturated carbocycles. The Kier molecular flexibility index (Phi) is 8.52. The molecule has 0 aliphatic carbocycles. The van der Waals surface area contributed by atoms with Gasteiger partial charge in [-0.2, -0.15) is 0 Å². The molecule has 1 aromatic heterocycles. The third kappa shape index (κ3) is 6.56. The van der Waals surface area contributed by atoms with Gasteiger partial charge in [0.05, 0.1) is 0 Å². The molecule has 2 N–H and O–H groups in total. The molecule has 162 valence electrons. The highest BCUT2D eigenvalue weighted by molar-refractivity contribution is 5.75. The topological polar surface area (TPSA) is 73.4 Å². The minimum Gasteiger partial charge on any atom is -0.370 e. The van der Waals surface area contributed by atoms with Crippen LogP contribution in [0.3, 0.4) is 0 Å². The number of likely N-dealkylation sites (tertiary alicyclic amines) is 1. The first-order valence-electron chi connectivity index (χ1n) is 11.5. The molecule has 29 heavy (non-hydrogen) atoms. The molecule has 0 aromatic carbocycles. The van der Waals surface area contributed by atoms with Gasteiger partial charge in [0.25, 0.3) is 0 Å². The maximum absolute atomic E-state index is 12.4. The molecule has 3 rings (SSSR count). The lowest BCUT2D eigenvalue weighted by Gasteiger charge is -2.33. The van der Waals surface area contributed by atoms with Crippen LogP contribution in [-0.4, -0.2) is 66.1 Å². The van der Waals surface area contributed by atoms with Crippen molar-refractivity contribution in [3.05, 3.63) is 12.4 Å². The Bertz CT molecular complexity index is 639. The molecule has 2 fully saturated rings. The van der Waals surface area contributed by atoms with Crippen molar-refractivity contribution in [1.82, 2.24) is 20.2 Å². The number of hydrogen-bond acceptors (Lipinski definition) is 6. The predicted octanol–water partition coefficient (Wildman–Crippen LogP) is 2.90. The van der Waals surface area contributed by atoms with Crippen molar-refractivity contribution in [2.45, 2.75) is 64.8 Å². The number of carbonyl (C=O) groups excluding carboxylic acids is 1. The number of aromatic nitrogens is 2. The summed E-state index contributed by atoms with van der Waals surface area (Å²) in [7, 11) is 0. The third-order valence-electron chi connectivity index (χ3n) is 6.27. The molecule has 3 heterocycles. The number of amides is 1. The van der Waals surface area contributed by atoms with Gasteiger partial charge >= 0.3 is 0 Å². The van der Waals surface area contributed by atoms with Gasteiger partial charge in [0, 0.05) is 44.7 Å². The van der Waals surface area contributed by atoms with E-state index < -0.39 is 0 Å². The maximum atomic E-state index is 12.4. The van der Waals surface area contributed by atoms with Crippen LogP contribution in [0.5, 0.6) is 0 Å². The average molecular weight is 403 g/mol. The summed E-state index contributed by atoms with van der Waals surface area (Å²) in [6.45, 7) is 10.3. The number of likely N-dealkylation sites (N-methyl/N-ethyl adjacent to an activating group) is 1. The van der Waals surface area contributed by atoms with Crippen molar-refractivity contribution in [3.8, 4) is 0 Å². The van der Waals surface area contributed by atoms with Crippen molar-refractivity contribution < 1.29 is 4.79 Å². The van der Waals surface area contributed by atoms with Gasteiger partial charge in [0.2, 0.25) is 5.91 Å². The highest BCUT2D eigenvalue weighted by Crippen LogP contribution is 2.25. The number of anilines is 2. The standard InChI is InChI=1S/C22H38N6O/c1-3-11-23-20-14-21(26-17-25-20)28-13-5-7-18(16-28)9-10-22(29)24-15-19-8-6-12-27(19)4-2/h14,17-19H,3-13,15-16H2,1-2H3,(H,24,29)(H,23,25,26). The van der Waals surface area contributed by atoms with Crippen molar-refractivity contribution in [1.29, 1.82) is 0 Å². The summed E-state index contributed by atoms with van der Waals surface area (Å²) in [5, 5.41) is 6.51. The fourth-order valence-corrected chi connectivity index (χ4v) is 4.58. The first-order valence-corrected chi connectivity index (χ1v) is 11.5. The Morgan fingerprint density at radius 3 is 2.90 bits per heavy atom. The lowest BCUT2D eigenvalue weighted by Crippen LogP contribution is -2.40. The maximum Gasteiger partial charge on any atom is 0.220 e. The normalized spacial score (nSPS) is 22.6. The SMILES string of the molecule is CCCNc1cc(N2CCCC(CCC(=O)NCC3CCCN3CC)C2)ncn1. The summed E-state index contributed by atoms with van der Waals surface area (Å²) in [6, 6.07) is 2.58. The van der Waals surface area contributed by atoms with Crippen molar-refractivity contribution >= 4 is 17.5 Å². The van der Waals surface area contributed by atoms with Crippen molar-refractivity contribution in [2.75, 3.05) is 49.5 Å². The third-order valence-corrected chi connectivity index (χ3v) is 6.27. The average Bonchev–Trinajstić information content (AvgIpc) is 3.23. The predicted molar refractivity (Wildman–Crippen MR) is 118 cm³/mol. The smallest absolute Gasteiger partial charge is 0.220 e. The molecule has 7 heteroatoms. The number of rotatable bonds is 10. The van der Waals surface area contributed by atoms with Crippen LogP contribution in [0, 0.1) is 5.92 Å². The monoisotopic (exact) mass is 402 g/mol. The summed E-state index contributed by atoms with van der Waals surface area (Å²) in [4.78, 5) is 26.0. The summed E-state index contributed by atoms with van der Waals surface area (Å²) >= 11 is 0. The highest BCUT2D eigenvalue weighted by atomic mass is 16.1. The molecule has 1 amide bonds. The summed E-state index contributed by atoms with van der Waals surface area (Å²) in [6.07, 6.45) is 9.12. The molecule has 0 radical (unpaired) electrons. The van der Waals surface area contributed by atoms with E-state index in [9.17, 15) is 4.79 Å². The zero-order valence-corrected chi connectivity index (χ0v) is 18.2. The van der Waals surface area contributed by atoms with Crippen LogP contribution in [0.2, 0.25) is 0 Å². The number of nitrogens with one attached hydrogen (secondary N) is 2. The van der Waals surface area contributed by atoms with Crippen LogP contribution in [-0.2, 0) is 4.79 Å². The molecular formula is C22H38N6O. The zero-order chi connectivity index (χ0) is 20.5. The van der Waals surface area contributed by atoms with Crippen molar-refractivity contribution in [3.63, 3.8) is 0 Å². The van der Waals surface area contributed by atoms with Crippen LogP contribution in [0.15, 0.2) is 12.4 Å². The van der Waals surface area contributed by atoms with E-state index in [1.807, 2.05) is 6.07 Å². The molecule has 2 unspecified atom stereocenters. The Balaban J connectivity index is 1.42. The molecule has 2 saturated heterocycles. The Morgan fingerprint density at radius 1 is 1.21 bits per heavy atom. The highest BCUT2D eigenvalue weighted by Gasteiger charge is 2.24. The minimum absolute atomic E-state index is 0.207. The molecule has 2 atom stereocenters. The van der Waals surface area contributed by atoms with Crippen LogP contribution in [0.4, 0.5) is 11.6 Å². The molecule has 0 spiro atoms. The Labute approximate surface area is 175 Å². The van der Waals surface area contributed by atoms with Gasteiger partial charge in [-0.1, -0.05) is 13.8 Å². The quantitative estimate of drug-likeness (QED) is 0.627. The first kappa shape index (κ1) is 21.8. The van der Waals surface area contributed by atoms with Gasteiger partial charge < -0.3 is 15.5 Å². The summed E-state index contributed by atoms with van der Waals surface area (Å²) < 4.78 is 0. The van der Waals surface area contributed by atoms with E-state index in [0.29, 0.717) is 18.4 Å². The number of hydrogen-bond donors (Lipinski definition) is 2. The van der Waals surface area contributed by atoms with Gasteiger partial charge in [-0.05, 0) is 57.5 Å². The fraction of sp³-hybridized carbons (Fsp3) is 0.773. The van der Waals surface area contributed by atoms with E-state index in [1.54, 1.807) is 6.33 Å². The largest absolute Gasteiger partial charge is 0.370 e. The molecule has 2 aliphatic heterocycles. The van der Waals surface area contributed by atoms with Crippen molar-refractivity contribution in [2.24, 2.45) is 5.92 Å². The zero-order valence-electron chi connectivity index (χ0n) is 18.2. The summed E-state index contributed by atoms with van der Waals surface area (Å²) in [5.74, 6) is 2.65. The fourth-order valence-electron chi connectivity index (χ4n) is 4.58. The lowest BCUT2D eigenvalue weighted by molar-refractivity contribution is -0.121. The lowest BCUT2D eigenvalue weighted by atomic mass is 9.93. The van der Waals surface area contributed by atoms with Gasteiger partial charge in [0.15, 0.2) is 0 Å². The van der Waals surface area contributed by atoms with Gasteiger partial charge in [-0.3, -0.25) is 9.69 Å². The van der Waals surface area contributed by atoms with E-state index in [4.69, 9.17) is 0 Å². The van der Waals surface area contributed by atoms with E-state index in [2.05, 4.69) is 44.2 Å². The second-order valence-corrected chi connectivity index (χ2v) is 8.41. The van der Waals surface area contributed by atoms with E-state index in [-0.39, 0.29) is 5.91 Å². The minimum atomic E-state index is 0.207. The molecular weight excluding hydrogens is 364 g/mol. The summed E-state index contributed by atoms with van der Waals surface area (Å²) in [5.41, 5.74) is 0. The van der Waals surface area contributed by atoms with Gasteiger partial charge in [0.1, 0.15) is 18.0 Å². The Morgan fingerprint density at radius 2 is 2.07 bits per heavy atom. The van der Waals surface area contributed by atoms with Gasteiger partial charge in [-0.15, -0.1) is 0 Å². The number of nitrogens with zero attached hydrogens (tertiary/aromatic N) is 4. The van der Waals surface area contributed by atoms with Crippen LogP contribution in [0.25, 0.3) is 0 Å². The molecule has 7 nitrogen and oxygen atoms in total. The van der Waals surface area contributed by atoms with E-state index >= 15 is 0 Å². The van der Waals surface area contributed by atoms with Gasteiger partial charge in [-0.25, -0.2) is 9.97 Å². The second-order valence-electron chi connectivity index (χ2n) is 8.41. The van der Waals surface area contributed by atoms with Crippen LogP contribution < -0.4 is 15.5 Å². The van der Waals surface area contributed by atoms with Crippen LogP contribution >= 0.6 is 0 Å². The second kappa shape index (κ2) is 11.3. The number of piperidine rings is 1. The van der Waals surface area contributed by atoms with E-state index in [0.717, 1.165) is 63.6 Å². The molecule has 2 aliphatic rings. The molecule has 0 bridgehead atoms.